The first-order valence-electron chi connectivity index (χ1n) is 14.7. The van der Waals surface area contributed by atoms with E-state index in [1.54, 1.807) is 0 Å². The Kier molecular flexibility index (Phi) is 6.33. The normalized spacial score (nSPS) is 24.4. The molecule has 1 spiro atoms. The molecule has 5 nitrogen and oxygen atoms in total. The van der Waals surface area contributed by atoms with Crippen molar-refractivity contribution in [2.24, 2.45) is 11.3 Å². The summed E-state index contributed by atoms with van der Waals surface area (Å²) in [5, 5.41) is 3.11. The van der Waals surface area contributed by atoms with Gasteiger partial charge in [-0.1, -0.05) is 94.3 Å². The smallest absolute Gasteiger partial charge is 0.238 e. The van der Waals surface area contributed by atoms with E-state index < -0.39 is 28.8 Å². The highest BCUT2D eigenvalue weighted by atomic mass is 16.2. The third kappa shape index (κ3) is 3.93. The van der Waals surface area contributed by atoms with Crippen LogP contribution in [0.4, 0.5) is 11.4 Å². The van der Waals surface area contributed by atoms with E-state index in [4.69, 9.17) is 0 Å². The molecule has 3 aromatic carbocycles. The highest BCUT2D eigenvalue weighted by Crippen LogP contribution is 2.59. The number of benzene rings is 3. The highest BCUT2D eigenvalue weighted by molar-refractivity contribution is 6.17. The molecule has 0 unspecified atom stereocenters. The lowest BCUT2D eigenvalue weighted by Crippen LogP contribution is -2.51. The quantitative estimate of drug-likeness (QED) is 0.353. The van der Waals surface area contributed by atoms with Crippen LogP contribution in [0.1, 0.15) is 73.7 Å². The lowest BCUT2D eigenvalue weighted by atomic mass is 9.63. The third-order valence-corrected chi connectivity index (χ3v) is 9.20. The van der Waals surface area contributed by atoms with Crippen LogP contribution in [0.5, 0.6) is 0 Å². The van der Waals surface area contributed by atoms with Crippen molar-refractivity contribution >= 4 is 34.4 Å². The standard InChI is InChI=1S/C36H38N2O3/c1-7-10-23-14-16-24(17-15-23)32(39)30-31(33(40)35(4,5)6)38-28-18-13-21(2)19-25(28)22(3)20-29(38)36(30)26-11-8-9-12-27(26)37-34(36)41/h8-9,11-20,29-31H,7,10H2,1-6H3,(H,37,41)/t29-,30+,31-,36+/m1/s1. The summed E-state index contributed by atoms with van der Waals surface area (Å²) in [6.07, 6.45) is 4.06. The Hall–Kier alpha value is -3.99. The van der Waals surface area contributed by atoms with Crippen LogP contribution in [0.15, 0.2) is 72.8 Å². The first-order valence-corrected chi connectivity index (χ1v) is 14.7. The number of hydrogen-bond donors (Lipinski definition) is 1. The van der Waals surface area contributed by atoms with Crippen LogP contribution in [0, 0.1) is 18.3 Å². The number of nitrogens with zero attached hydrogens (tertiary/aromatic N) is 1. The number of allylic oxidation sites excluding steroid dienone is 1. The van der Waals surface area contributed by atoms with Crippen molar-refractivity contribution in [2.45, 2.75) is 71.9 Å². The molecule has 0 bridgehead atoms. The second kappa shape index (κ2) is 9.54. The van der Waals surface area contributed by atoms with Gasteiger partial charge in [-0.2, -0.15) is 0 Å². The molecule has 3 heterocycles. The van der Waals surface area contributed by atoms with Gasteiger partial charge in [0, 0.05) is 27.9 Å². The van der Waals surface area contributed by atoms with Crippen LogP contribution in [0.25, 0.3) is 5.57 Å². The fourth-order valence-electron chi connectivity index (χ4n) is 7.29. The topological polar surface area (TPSA) is 66.5 Å². The Morgan fingerprint density at radius 3 is 2.37 bits per heavy atom. The second-order valence-electron chi connectivity index (χ2n) is 12.9. The number of rotatable bonds is 5. The number of carbonyl (C=O) groups is 3. The number of ketones is 2. The average Bonchev–Trinajstić information content (AvgIpc) is 3.40. The molecule has 0 radical (unpaired) electrons. The SMILES string of the molecule is CCCc1ccc(C(=O)[C@@H]2[C@H](C(=O)C(C)(C)C)N3c4ccc(C)cc4C(C)=C[C@@H]3[C@]23C(=O)Nc2ccccc23)cc1. The first kappa shape index (κ1) is 27.2. The Bertz CT molecular complexity index is 1610. The van der Waals surface area contributed by atoms with E-state index in [-0.39, 0.29) is 17.5 Å². The molecule has 4 atom stereocenters. The van der Waals surface area contributed by atoms with Gasteiger partial charge in [-0.05, 0) is 55.2 Å². The van der Waals surface area contributed by atoms with Crippen molar-refractivity contribution < 1.29 is 14.4 Å². The van der Waals surface area contributed by atoms with Gasteiger partial charge >= 0.3 is 0 Å². The van der Waals surface area contributed by atoms with Gasteiger partial charge in [0.05, 0.1) is 12.0 Å². The minimum absolute atomic E-state index is 0.0445. The fraction of sp³-hybridized carbons (Fsp3) is 0.361. The zero-order valence-corrected chi connectivity index (χ0v) is 24.7. The van der Waals surface area contributed by atoms with Gasteiger partial charge in [0.1, 0.15) is 11.5 Å². The molecule has 0 aromatic heterocycles. The van der Waals surface area contributed by atoms with Crippen LogP contribution in [-0.2, 0) is 21.4 Å². The maximum atomic E-state index is 14.9. The van der Waals surface area contributed by atoms with E-state index in [0.29, 0.717) is 11.3 Å². The minimum Gasteiger partial charge on any atom is -0.352 e. The second-order valence-corrected chi connectivity index (χ2v) is 12.9. The van der Waals surface area contributed by atoms with Gasteiger partial charge < -0.3 is 10.2 Å². The van der Waals surface area contributed by atoms with Crippen LogP contribution >= 0.6 is 0 Å². The van der Waals surface area contributed by atoms with Gasteiger partial charge in [0.15, 0.2) is 11.6 Å². The number of hydrogen-bond acceptors (Lipinski definition) is 4. The van der Waals surface area contributed by atoms with E-state index >= 15 is 0 Å². The molecule has 5 heteroatoms. The number of aryl methyl sites for hydroxylation is 2. The molecule has 0 aliphatic carbocycles. The molecular formula is C36H38N2O3. The number of anilines is 2. The fourth-order valence-corrected chi connectivity index (χ4v) is 7.29. The van der Waals surface area contributed by atoms with E-state index in [2.05, 4.69) is 49.2 Å². The first-order chi connectivity index (χ1) is 19.5. The van der Waals surface area contributed by atoms with Crippen molar-refractivity contribution in [2.75, 3.05) is 10.2 Å². The Morgan fingerprint density at radius 2 is 1.68 bits per heavy atom. The van der Waals surface area contributed by atoms with Crippen LogP contribution in [-0.4, -0.2) is 29.6 Å². The molecule has 1 saturated heterocycles. The zero-order chi connectivity index (χ0) is 29.3. The van der Waals surface area contributed by atoms with Crippen LogP contribution in [0.3, 0.4) is 0 Å². The largest absolute Gasteiger partial charge is 0.352 e. The Balaban J connectivity index is 1.66. The summed E-state index contributed by atoms with van der Waals surface area (Å²) in [6.45, 7) is 12.0. The van der Waals surface area contributed by atoms with E-state index in [1.165, 1.54) is 0 Å². The van der Waals surface area contributed by atoms with Gasteiger partial charge in [-0.3, -0.25) is 14.4 Å². The molecule has 1 fully saturated rings. The summed E-state index contributed by atoms with van der Waals surface area (Å²) >= 11 is 0. The number of fused-ring (bicyclic) bond motifs is 6. The number of para-hydroxylation sites is 1. The van der Waals surface area contributed by atoms with Gasteiger partial charge in [-0.15, -0.1) is 0 Å². The molecule has 210 valence electrons. The molecular weight excluding hydrogens is 508 g/mol. The summed E-state index contributed by atoms with van der Waals surface area (Å²) in [4.78, 5) is 46.0. The highest BCUT2D eigenvalue weighted by Gasteiger charge is 2.71. The van der Waals surface area contributed by atoms with Crippen molar-refractivity contribution in [3.63, 3.8) is 0 Å². The molecule has 1 N–H and O–H groups in total. The third-order valence-electron chi connectivity index (χ3n) is 9.20. The molecule has 0 saturated carbocycles. The van der Waals surface area contributed by atoms with E-state index in [0.717, 1.165) is 46.4 Å². The van der Waals surface area contributed by atoms with Gasteiger partial charge in [-0.25, -0.2) is 0 Å². The summed E-state index contributed by atoms with van der Waals surface area (Å²) in [7, 11) is 0. The van der Waals surface area contributed by atoms with Crippen molar-refractivity contribution in [3.8, 4) is 0 Å². The molecule has 3 aromatic rings. The van der Waals surface area contributed by atoms with Crippen molar-refractivity contribution in [1.29, 1.82) is 0 Å². The summed E-state index contributed by atoms with van der Waals surface area (Å²) in [5.41, 5.74) is 5.26. The monoisotopic (exact) mass is 546 g/mol. The maximum Gasteiger partial charge on any atom is 0.238 e. The van der Waals surface area contributed by atoms with Gasteiger partial charge in [0.2, 0.25) is 5.91 Å². The molecule has 41 heavy (non-hydrogen) atoms. The lowest BCUT2D eigenvalue weighted by molar-refractivity contribution is -0.128. The number of nitrogens with one attached hydrogen (secondary N) is 1. The Labute approximate surface area is 242 Å². The van der Waals surface area contributed by atoms with E-state index in [1.807, 2.05) is 75.4 Å². The van der Waals surface area contributed by atoms with Gasteiger partial charge in [0.25, 0.3) is 0 Å². The summed E-state index contributed by atoms with van der Waals surface area (Å²) in [6, 6.07) is 20.3. The van der Waals surface area contributed by atoms with E-state index in [9.17, 15) is 14.4 Å². The average molecular weight is 547 g/mol. The number of Topliss-reactive ketones (excluding diaryl/α,β-unsaturated/α-hetero) is 2. The number of amides is 1. The predicted molar refractivity (Wildman–Crippen MR) is 164 cm³/mol. The molecule has 1 amide bonds. The zero-order valence-electron chi connectivity index (χ0n) is 24.7. The van der Waals surface area contributed by atoms with Crippen molar-refractivity contribution in [3.05, 3.63) is 101 Å². The Morgan fingerprint density at radius 1 is 0.976 bits per heavy atom. The van der Waals surface area contributed by atoms with Crippen LogP contribution in [0.2, 0.25) is 0 Å². The maximum absolute atomic E-state index is 14.9. The van der Waals surface area contributed by atoms with Crippen molar-refractivity contribution in [1.82, 2.24) is 0 Å². The molecule has 3 aliphatic heterocycles. The van der Waals surface area contributed by atoms with Crippen LogP contribution < -0.4 is 10.2 Å². The number of carbonyl (C=O) groups excluding carboxylic acids is 3. The minimum atomic E-state index is -1.27. The summed E-state index contributed by atoms with van der Waals surface area (Å²) < 4.78 is 0. The molecule has 3 aliphatic rings. The lowest BCUT2D eigenvalue weighted by Gasteiger charge is -2.40. The summed E-state index contributed by atoms with van der Waals surface area (Å²) in [5.74, 6) is -1.36. The molecule has 6 rings (SSSR count). The predicted octanol–water partition coefficient (Wildman–Crippen LogP) is 6.93.